The standard InChI is InChI=1S/C17H20N2O3/c1-22-12-15(20)9-11-18-16(21)8-7-14-5-2-4-13-6-3-10-19-17(13)14/h2-8,10,15,20H,9,11-12H2,1H3,(H,18,21)/b8-7+. The number of aliphatic hydroxyl groups excluding tert-OH is 1. The maximum Gasteiger partial charge on any atom is 0.244 e. The van der Waals surface area contributed by atoms with Crippen LogP contribution >= 0.6 is 0 Å². The Kier molecular flexibility index (Phi) is 6.06. The Labute approximate surface area is 129 Å². The Hall–Kier alpha value is -2.24. The van der Waals surface area contributed by atoms with E-state index < -0.39 is 6.10 Å². The largest absolute Gasteiger partial charge is 0.391 e. The lowest BCUT2D eigenvalue weighted by atomic mass is 10.1. The molecule has 0 bridgehead atoms. The van der Waals surface area contributed by atoms with Crippen LogP contribution in [0.2, 0.25) is 0 Å². The highest BCUT2D eigenvalue weighted by Crippen LogP contribution is 2.16. The van der Waals surface area contributed by atoms with Gasteiger partial charge in [-0.3, -0.25) is 9.78 Å². The third-order valence-corrected chi connectivity index (χ3v) is 3.21. The summed E-state index contributed by atoms with van der Waals surface area (Å²) in [5.41, 5.74) is 1.76. The molecular weight excluding hydrogens is 280 g/mol. The zero-order valence-corrected chi connectivity index (χ0v) is 12.5. The molecule has 0 spiro atoms. The first-order valence-electron chi connectivity index (χ1n) is 7.17. The number of carbonyl (C=O) groups is 1. The van der Waals surface area contributed by atoms with Crippen LogP contribution in [0.4, 0.5) is 0 Å². The van der Waals surface area contributed by atoms with E-state index in [0.29, 0.717) is 13.0 Å². The molecule has 2 rings (SSSR count). The average Bonchev–Trinajstić information content (AvgIpc) is 2.53. The monoisotopic (exact) mass is 300 g/mol. The number of rotatable bonds is 7. The third-order valence-electron chi connectivity index (χ3n) is 3.21. The molecule has 2 N–H and O–H groups in total. The van der Waals surface area contributed by atoms with Gasteiger partial charge in [-0.05, 0) is 18.6 Å². The third kappa shape index (κ3) is 4.65. The van der Waals surface area contributed by atoms with Crippen molar-refractivity contribution in [3.05, 3.63) is 48.2 Å². The molecule has 5 heteroatoms. The molecule has 0 aliphatic heterocycles. The lowest BCUT2D eigenvalue weighted by molar-refractivity contribution is -0.116. The minimum Gasteiger partial charge on any atom is -0.391 e. The van der Waals surface area contributed by atoms with Crippen molar-refractivity contribution in [3.63, 3.8) is 0 Å². The first-order valence-corrected chi connectivity index (χ1v) is 7.17. The second-order valence-electron chi connectivity index (χ2n) is 4.94. The zero-order chi connectivity index (χ0) is 15.8. The molecule has 2 aromatic rings. The fourth-order valence-electron chi connectivity index (χ4n) is 2.12. The van der Waals surface area contributed by atoms with Crippen LogP contribution in [0.25, 0.3) is 17.0 Å². The van der Waals surface area contributed by atoms with E-state index in [-0.39, 0.29) is 12.5 Å². The van der Waals surface area contributed by atoms with Crippen LogP contribution < -0.4 is 5.32 Å². The van der Waals surface area contributed by atoms with Crippen LogP contribution in [-0.4, -0.2) is 42.4 Å². The predicted molar refractivity (Wildman–Crippen MR) is 86.3 cm³/mol. The maximum absolute atomic E-state index is 11.8. The molecule has 0 saturated carbocycles. The van der Waals surface area contributed by atoms with Crippen molar-refractivity contribution in [2.75, 3.05) is 20.3 Å². The van der Waals surface area contributed by atoms with Crippen molar-refractivity contribution in [1.29, 1.82) is 0 Å². The van der Waals surface area contributed by atoms with E-state index in [1.807, 2.05) is 30.3 Å². The lowest BCUT2D eigenvalue weighted by Crippen LogP contribution is -2.27. The van der Waals surface area contributed by atoms with Gasteiger partial charge in [-0.2, -0.15) is 0 Å². The van der Waals surface area contributed by atoms with Gasteiger partial charge in [-0.25, -0.2) is 0 Å². The molecule has 0 aliphatic rings. The Morgan fingerprint density at radius 2 is 2.23 bits per heavy atom. The highest BCUT2D eigenvalue weighted by atomic mass is 16.5. The SMILES string of the molecule is COCC(O)CCNC(=O)/C=C/c1cccc2cccnc12. The molecule has 22 heavy (non-hydrogen) atoms. The number of aromatic nitrogens is 1. The predicted octanol–water partition coefficient (Wildman–Crippen LogP) is 1.76. The zero-order valence-electron chi connectivity index (χ0n) is 12.5. The quantitative estimate of drug-likeness (QED) is 0.764. The van der Waals surface area contributed by atoms with Gasteiger partial charge in [0.15, 0.2) is 0 Å². The first kappa shape index (κ1) is 16.1. The van der Waals surface area contributed by atoms with Crippen LogP contribution in [0.1, 0.15) is 12.0 Å². The molecule has 5 nitrogen and oxygen atoms in total. The number of nitrogens with one attached hydrogen (secondary N) is 1. The van der Waals surface area contributed by atoms with Gasteiger partial charge >= 0.3 is 0 Å². The summed E-state index contributed by atoms with van der Waals surface area (Å²) in [5, 5.41) is 13.2. The number of ether oxygens (including phenoxy) is 1. The molecule has 116 valence electrons. The van der Waals surface area contributed by atoms with Gasteiger partial charge < -0.3 is 15.2 Å². The summed E-state index contributed by atoms with van der Waals surface area (Å²) < 4.78 is 4.82. The van der Waals surface area contributed by atoms with Gasteiger partial charge in [0, 0.05) is 36.9 Å². The molecule has 0 aliphatic carbocycles. The molecule has 1 unspecified atom stereocenters. The fraction of sp³-hybridized carbons (Fsp3) is 0.294. The Morgan fingerprint density at radius 3 is 3.05 bits per heavy atom. The molecule has 0 radical (unpaired) electrons. The van der Waals surface area contributed by atoms with Gasteiger partial charge in [0.25, 0.3) is 0 Å². The van der Waals surface area contributed by atoms with E-state index in [9.17, 15) is 9.90 Å². The highest BCUT2D eigenvalue weighted by Gasteiger charge is 2.04. The summed E-state index contributed by atoms with van der Waals surface area (Å²) >= 11 is 0. The van der Waals surface area contributed by atoms with Gasteiger partial charge in [0.1, 0.15) is 0 Å². The number of para-hydroxylation sites is 1. The summed E-state index contributed by atoms with van der Waals surface area (Å²) in [7, 11) is 1.53. The lowest BCUT2D eigenvalue weighted by Gasteiger charge is -2.08. The van der Waals surface area contributed by atoms with E-state index >= 15 is 0 Å². The van der Waals surface area contributed by atoms with Crippen LogP contribution in [0, 0.1) is 0 Å². The smallest absolute Gasteiger partial charge is 0.244 e. The number of methoxy groups -OCH3 is 1. The van der Waals surface area contributed by atoms with Crippen molar-refractivity contribution in [2.45, 2.75) is 12.5 Å². The van der Waals surface area contributed by atoms with Crippen LogP contribution in [0.5, 0.6) is 0 Å². The number of carbonyl (C=O) groups excluding carboxylic acids is 1. The van der Waals surface area contributed by atoms with Crippen molar-refractivity contribution in [3.8, 4) is 0 Å². The molecule has 0 saturated heterocycles. The van der Waals surface area contributed by atoms with E-state index in [4.69, 9.17) is 4.74 Å². The Balaban J connectivity index is 1.92. The molecular formula is C17H20N2O3. The van der Waals surface area contributed by atoms with Crippen molar-refractivity contribution < 1.29 is 14.6 Å². The van der Waals surface area contributed by atoms with Gasteiger partial charge in [0.05, 0.1) is 18.2 Å². The average molecular weight is 300 g/mol. The second-order valence-corrected chi connectivity index (χ2v) is 4.94. The normalized spacial score (nSPS) is 12.6. The van der Waals surface area contributed by atoms with E-state index in [2.05, 4.69) is 10.3 Å². The maximum atomic E-state index is 11.8. The number of aliphatic hydroxyl groups is 1. The summed E-state index contributed by atoms with van der Waals surface area (Å²) in [6.45, 7) is 0.675. The molecule has 1 amide bonds. The molecule has 0 fully saturated rings. The van der Waals surface area contributed by atoms with Gasteiger partial charge in [-0.1, -0.05) is 24.3 Å². The summed E-state index contributed by atoms with van der Waals surface area (Å²) in [6.07, 6.45) is 4.86. The van der Waals surface area contributed by atoms with Crippen molar-refractivity contribution in [1.82, 2.24) is 10.3 Å². The van der Waals surface area contributed by atoms with Crippen molar-refractivity contribution >= 4 is 22.9 Å². The fourth-order valence-corrected chi connectivity index (χ4v) is 2.12. The molecule has 1 atom stereocenters. The highest BCUT2D eigenvalue weighted by molar-refractivity contribution is 5.95. The Bertz CT molecular complexity index is 650. The summed E-state index contributed by atoms with van der Waals surface area (Å²) in [5.74, 6) is -0.197. The number of nitrogens with zero attached hydrogens (tertiary/aromatic N) is 1. The van der Waals surface area contributed by atoms with Crippen LogP contribution in [-0.2, 0) is 9.53 Å². The number of hydrogen-bond donors (Lipinski definition) is 2. The minimum absolute atomic E-state index is 0.197. The first-order chi connectivity index (χ1) is 10.7. The number of amides is 1. The van der Waals surface area contributed by atoms with Crippen LogP contribution in [0.3, 0.4) is 0 Å². The van der Waals surface area contributed by atoms with Crippen molar-refractivity contribution in [2.24, 2.45) is 0 Å². The molecule has 1 heterocycles. The van der Waals surface area contributed by atoms with Gasteiger partial charge in [-0.15, -0.1) is 0 Å². The Morgan fingerprint density at radius 1 is 1.41 bits per heavy atom. The number of hydrogen-bond acceptors (Lipinski definition) is 4. The van der Waals surface area contributed by atoms with E-state index in [0.717, 1.165) is 16.5 Å². The molecule has 1 aromatic heterocycles. The van der Waals surface area contributed by atoms with E-state index in [1.54, 1.807) is 12.3 Å². The van der Waals surface area contributed by atoms with Gasteiger partial charge in [0.2, 0.25) is 5.91 Å². The van der Waals surface area contributed by atoms with E-state index in [1.165, 1.54) is 13.2 Å². The second kappa shape index (κ2) is 8.26. The number of benzene rings is 1. The molecule has 1 aromatic carbocycles. The minimum atomic E-state index is -0.559. The number of pyridine rings is 1. The summed E-state index contributed by atoms with van der Waals surface area (Å²) in [6, 6.07) is 9.70. The number of fused-ring (bicyclic) bond motifs is 1. The van der Waals surface area contributed by atoms with Crippen LogP contribution in [0.15, 0.2) is 42.6 Å². The summed E-state index contributed by atoms with van der Waals surface area (Å²) in [4.78, 5) is 16.1. The topological polar surface area (TPSA) is 71.5 Å².